The number of hydrogen-bond donors (Lipinski definition) is 9. The van der Waals surface area contributed by atoms with Gasteiger partial charge in [-0.2, -0.15) is 0 Å². The van der Waals surface area contributed by atoms with Crippen LogP contribution in [0.5, 0.6) is 0 Å². The van der Waals surface area contributed by atoms with Gasteiger partial charge in [-0.1, -0.05) is 26.0 Å². The molecule has 22 heteroatoms. The van der Waals surface area contributed by atoms with Gasteiger partial charge in [0.1, 0.15) is 17.5 Å². The van der Waals surface area contributed by atoms with Crippen LogP contribution in [0, 0.1) is 23.7 Å². The van der Waals surface area contributed by atoms with Crippen LogP contribution >= 0.6 is 23.5 Å². The van der Waals surface area contributed by atoms with E-state index in [9.17, 15) is 69.0 Å². The molecule has 3 fully saturated rings. The number of carbonyl (C=O) groups is 8. The number of rotatable bonds is 16. The highest BCUT2D eigenvalue weighted by molar-refractivity contribution is 8.03. The average Bonchev–Trinajstić information content (AvgIpc) is 4.03. The van der Waals surface area contributed by atoms with E-state index in [0.717, 1.165) is 11.8 Å². The summed E-state index contributed by atoms with van der Waals surface area (Å²) in [6.45, 7) is 6.43. The Hall–Kier alpha value is -5.81. The molecule has 5 aliphatic heterocycles. The van der Waals surface area contributed by atoms with Gasteiger partial charge >= 0.3 is 23.9 Å². The van der Waals surface area contributed by atoms with Crippen LogP contribution < -0.4 is 16.0 Å². The minimum Gasteiger partial charge on any atom is -0.478 e. The third kappa shape index (κ3) is 9.28. The van der Waals surface area contributed by atoms with Crippen LogP contribution in [0.1, 0.15) is 61.3 Å². The molecule has 7 rings (SSSR count). The predicted molar refractivity (Wildman–Crippen MR) is 240 cm³/mol. The molecule has 13 atom stereocenters. The third-order valence-corrected chi connectivity index (χ3v) is 16.1. The van der Waals surface area contributed by atoms with Crippen LogP contribution in [-0.4, -0.2) is 159 Å². The molecule has 2 aromatic rings. The largest absolute Gasteiger partial charge is 0.478 e. The van der Waals surface area contributed by atoms with E-state index in [0.29, 0.717) is 11.4 Å². The van der Waals surface area contributed by atoms with E-state index < -0.39 is 118 Å². The monoisotopic (exact) mass is 950 g/mol. The van der Waals surface area contributed by atoms with Crippen LogP contribution in [0.25, 0.3) is 0 Å². The molecule has 9 N–H and O–H groups in total. The summed E-state index contributed by atoms with van der Waals surface area (Å²) < 4.78 is 0. The average molecular weight is 951 g/mol. The maximum atomic E-state index is 15.0. The normalized spacial score (nSPS) is 29.4. The Balaban J connectivity index is 1.12. The number of anilines is 2. The quantitative estimate of drug-likeness (QED) is 0.109. The highest BCUT2D eigenvalue weighted by Crippen LogP contribution is 2.52. The topological polar surface area (TPSA) is 313 Å². The number of aromatic carboxylic acids is 2. The van der Waals surface area contributed by atoms with E-state index in [2.05, 4.69) is 20.9 Å². The van der Waals surface area contributed by atoms with Gasteiger partial charge < -0.3 is 56.4 Å². The number of likely N-dealkylation sites (tertiary alicyclic amines) is 1. The van der Waals surface area contributed by atoms with Gasteiger partial charge in [0.15, 0.2) is 0 Å². The van der Waals surface area contributed by atoms with Crippen molar-refractivity contribution in [1.29, 1.82) is 0 Å². The van der Waals surface area contributed by atoms with Gasteiger partial charge in [0.25, 0.3) is 0 Å². The first-order chi connectivity index (χ1) is 31.2. The molecule has 0 aliphatic carbocycles. The standard InChI is InChI=1S/C44H50N6O14S2/c1-17-31(48-32(43(61)62)35(17)65-25-13-27(45-15-25)37(53)46-23-9-5-7-21(11-23)41(57)58)29(19(3)51)39(55)49-16-26(14-28(49)38(54)47-24-10-6-8-22(12-24)42(59)60)66-36-18(2)33-30(20(4)52)40(56)50(33)34(36)44(63)64/h5-12,17-20,25-31,33,35,45,51-52H,13-16H2,1-4H3,(H,46,53)(H,47,54)(H,57,58)(H,59,60)(H,61,62)(H,63,64)/t17-,18-,19-,20-,25-,26+,27-,28+,29-,30-,31-,33-,35?/m1/s1. The molecule has 0 bridgehead atoms. The smallest absolute Gasteiger partial charge is 0.353 e. The van der Waals surface area contributed by atoms with Crippen molar-refractivity contribution in [3.05, 3.63) is 70.3 Å². The van der Waals surface area contributed by atoms with E-state index in [-0.39, 0.29) is 58.5 Å². The van der Waals surface area contributed by atoms with Gasteiger partial charge in [0.05, 0.1) is 58.5 Å². The van der Waals surface area contributed by atoms with E-state index >= 15 is 0 Å². The second-order valence-corrected chi connectivity index (χ2v) is 20.1. The number of amides is 4. The molecule has 1 unspecified atom stereocenters. The summed E-state index contributed by atoms with van der Waals surface area (Å²) in [4.78, 5) is 111. The number of nitrogens with one attached hydrogen (secondary N) is 3. The Bertz CT molecular complexity index is 2430. The summed E-state index contributed by atoms with van der Waals surface area (Å²) >= 11 is 2.36. The van der Waals surface area contributed by atoms with Crippen LogP contribution in [-0.2, 0) is 28.8 Å². The zero-order valence-electron chi connectivity index (χ0n) is 36.1. The SMILES string of the molecule is C[C@@H](O)[C@@H](C(=O)N1C[C@@H](SC2=C(C(=O)O)N3C(=O)[C@H]([C@@H](C)O)[C@H]3[C@H]2C)C[C@H]1C(=O)Nc1cccc(C(=O)O)c1)[C@@H]1N=C(C(=O)O)C(S[C@H]2CN[C@@H](C(=O)Nc3cccc(C(=O)O)c3)C2)[C@@H]1C. The van der Waals surface area contributed by atoms with Crippen molar-refractivity contribution < 1.29 is 69.0 Å². The highest BCUT2D eigenvalue weighted by atomic mass is 32.2. The molecule has 352 valence electrons. The Morgan fingerprint density at radius 1 is 0.818 bits per heavy atom. The van der Waals surface area contributed by atoms with Crippen molar-refractivity contribution in [1.82, 2.24) is 15.1 Å². The van der Waals surface area contributed by atoms with E-state index in [1.54, 1.807) is 19.9 Å². The summed E-state index contributed by atoms with van der Waals surface area (Å²) in [5, 5.41) is 68.1. The fourth-order valence-electron chi connectivity index (χ4n) is 9.74. The summed E-state index contributed by atoms with van der Waals surface area (Å²) in [5.41, 5.74) is -0.195. The number of benzene rings is 2. The lowest BCUT2D eigenvalue weighted by Gasteiger charge is -2.46. The summed E-state index contributed by atoms with van der Waals surface area (Å²) in [6.07, 6.45) is -2.22. The fourth-order valence-corrected chi connectivity index (χ4v) is 12.9. The Kier molecular flexibility index (Phi) is 14.0. The van der Waals surface area contributed by atoms with Crippen LogP contribution in [0.4, 0.5) is 11.4 Å². The highest BCUT2D eigenvalue weighted by Gasteiger charge is 2.61. The number of hydrogen-bond acceptors (Lipinski definition) is 14. The van der Waals surface area contributed by atoms with Crippen molar-refractivity contribution in [3.63, 3.8) is 0 Å². The zero-order valence-corrected chi connectivity index (χ0v) is 37.7. The second-order valence-electron chi connectivity index (χ2n) is 17.3. The number of β-lactam (4-membered cyclic amide) rings is 1. The van der Waals surface area contributed by atoms with Gasteiger partial charge in [-0.05, 0) is 69.0 Å². The molecular formula is C44H50N6O14S2. The molecule has 5 aliphatic rings. The van der Waals surface area contributed by atoms with Crippen LogP contribution in [0.15, 0.2) is 64.1 Å². The lowest BCUT2D eigenvalue weighted by Crippen LogP contribution is -2.63. The molecule has 66 heavy (non-hydrogen) atoms. The number of aliphatic carboxylic acids is 2. The lowest BCUT2D eigenvalue weighted by molar-refractivity contribution is -0.163. The van der Waals surface area contributed by atoms with E-state index in [4.69, 9.17) is 0 Å². The van der Waals surface area contributed by atoms with E-state index in [1.807, 2.05) is 0 Å². The molecule has 5 heterocycles. The molecule has 2 aromatic carbocycles. The van der Waals surface area contributed by atoms with Crippen LogP contribution in [0.3, 0.4) is 0 Å². The Morgan fingerprint density at radius 2 is 1.42 bits per heavy atom. The molecule has 0 saturated carbocycles. The minimum absolute atomic E-state index is 0.00740. The third-order valence-electron chi connectivity index (χ3n) is 12.9. The summed E-state index contributed by atoms with van der Waals surface area (Å²) in [6, 6.07) is 7.59. The number of carboxylic acid groups (broad SMARTS) is 4. The maximum absolute atomic E-state index is 15.0. The number of aliphatic imine (C=N–C) groups is 1. The number of thioether (sulfide) groups is 2. The van der Waals surface area contributed by atoms with Crippen molar-refractivity contribution >= 4 is 88.1 Å². The van der Waals surface area contributed by atoms with E-state index in [1.165, 1.54) is 77.9 Å². The zero-order chi connectivity index (χ0) is 48.0. The number of fused-ring (bicyclic) bond motifs is 1. The first-order valence-electron chi connectivity index (χ1n) is 21.3. The van der Waals surface area contributed by atoms with Crippen molar-refractivity contribution in [2.24, 2.45) is 28.7 Å². The van der Waals surface area contributed by atoms with Gasteiger partial charge in [0.2, 0.25) is 23.6 Å². The first-order valence-corrected chi connectivity index (χ1v) is 23.1. The predicted octanol–water partition coefficient (Wildman–Crippen LogP) is 1.89. The van der Waals surface area contributed by atoms with Gasteiger partial charge in [-0.3, -0.25) is 24.2 Å². The van der Waals surface area contributed by atoms with Gasteiger partial charge in [-0.15, -0.1) is 23.5 Å². The van der Waals surface area contributed by atoms with Crippen molar-refractivity contribution in [2.45, 2.75) is 92.7 Å². The number of carbonyl (C=O) groups excluding carboxylic acids is 4. The fraction of sp³-hybridized carbons (Fsp3) is 0.477. The van der Waals surface area contributed by atoms with Crippen molar-refractivity contribution in [3.8, 4) is 0 Å². The van der Waals surface area contributed by atoms with Crippen molar-refractivity contribution in [2.75, 3.05) is 23.7 Å². The summed E-state index contributed by atoms with van der Waals surface area (Å²) in [7, 11) is 0. The Labute approximate surface area is 386 Å². The molecule has 4 amide bonds. The Morgan fingerprint density at radius 3 is 1.97 bits per heavy atom. The van der Waals surface area contributed by atoms with Gasteiger partial charge in [0, 0.05) is 45.8 Å². The first kappa shape index (κ1) is 48.1. The molecule has 0 aromatic heterocycles. The minimum atomic E-state index is -1.42. The molecule has 0 radical (unpaired) electrons. The molecular weight excluding hydrogens is 901 g/mol. The molecule has 0 spiro atoms. The summed E-state index contributed by atoms with van der Waals surface area (Å²) in [5.74, 6) is -10.9. The molecule has 20 nitrogen and oxygen atoms in total. The van der Waals surface area contributed by atoms with Gasteiger partial charge in [-0.25, -0.2) is 19.2 Å². The number of aliphatic hydroxyl groups excluding tert-OH is 2. The number of nitrogens with zero attached hydrogens (tertiary/aromatic N) is 3. The molecule has 3 saturated heterocycles. The lowest BCUT2D eigenvalue weighted by atomic mass is 9.79. The maximum Gasteiger partial charge on any atom is 0.353 e. The number of carboxylic acids is 4. The number of aliphatic hydroxyl groups is 2. The second kappa shape index (κ2) is 19.2. The van der Waals surface area contributed by atoms with Crippen LogP contribution in [0.2, 0.25) is 0 Å².